The Morgan fingerprint density at radius 2 is 1.97 bits per heavy atom. The van der Waals surface area contributed by atoms with Gasteiger partial charge in [-0.3, -0.25) is 9.63 Å². The second-order valence-electron chi connectivity index (χ2n) is 8.13. The van der Waals surface area contributed by atoms with Crippen LogP contribution in [0, 0.1) is 12.7 Å². The van der Waals surface area contributed by atoms with Crippen LogP contribution < -0.4 is 15.5 Å². The van der Waals surface area contributed by atoms with Crippen LogP contribution in [-0.2, 0) is 11.4 Å². The molecule has 9 nitrogen and oxygen atoms in total. The number of nitrogens with one attached hydrogen (secondary N) is 2. The molecule has 0 radical (unpaired) electrons. The van der Waals surface area contributed by atoms with Crippen molar-refractivity contribution in [2.75, 3.05) is 19.0 Å². The summed E-state index contributed by atoms with van der Waals surface area (Å²) in [6, 6.07) is 12.3. The molecule has 10 heteroatoms. The first-order valence-electron chi connectivity index (χ1n) is 11.0. The molecular formula is C25H26FN5O4. The maximum absolute atomic E-state index is 14.7. The van der Waals surface area contributed by atoms with E-state index in [1.807, 2.05) is 24.3 Å². The zero-order valence-corrected chi connectivity index (χ0v) is 19.6. The summed E-state index contributed by atoms with van der Waals surface area (Å²) < 4.78 is 21.6. The molecule has 1 atom stereocenters. The van der Waals surface area contributed by atoms with Crippen LogP contribution in [0.5, 0.6) is 5.75 Å². The molecule has 1 amide bonds. The molecule has 0 unspecified atom stereocenters. The van der Waals surface area contributed by atoms with Gasteiger partial charge in [-0.25, -0.2) is 19.5 Å². The van der Waals surface area contributed by atoms with Gasteiger partial charge in [-0.15, -0.1) is 0 Å². The number of amides is 1. The molecule has 0 fully saturated rings. The number of methoxy groups -OCH3 is 1. The molecule has 0 spiro atoms. The molecule has 182 valence electrons. The van der Waals surface area contributed by atoms with Crippen LogP contribution >= 0.6 is 0 Å². The normalized spacial score (nSPS) is 11.9. The number of ether oxygens (including phenoxy) is 1. The van der Waals surface area contributed by atoms with E-state index >= 15 is 0 Å². The number of aryl methyl sites for hydroxylation is 1. The number of carbonyl (C=O) groups excluding carboxylic acids is 1. The maximum Gasteiger partial charge on any atom is 0.278 e. The van der Waals surface area contributed by atoms with E-state index in [-0.39, 0.29) is 17.9 Å². The summed E-state index contributed by atoms with van der Waals surface area (Å²) in [7, 11) is 1.61. The van der Waals surface area contributed by atoms with Crippen molar-refractivity contribution in [3.05, 3.63) is 77.4 Å². The van der Waals surface area contributed by atoms with E-state index in [1.165, 1.54) is 19.2 Å². The molecule has 0 aliphatic rings. The molecule has 0 aliphatic heterocycles. The van der Waals surface area contributed by atoms with Crippen molar-refractivity contribution in [1.82, 2.24) is 20.2 Å². The van der Waals surface area contributed by atoms with Crippen LogP contribution in [0.25, 0.3) is 11.0 Å². The Bertz CT molecular complexity index is 1340. The Morgan fingerprint density at radius 3 is 2.66 bits per heavy atom. The summed E-state index contributed by atoms with van der Waals surface area (Å²) in [6.45, 7) is 3.67. The van der Waals surface area contributed by atoms with E-state index in [2.05, 4.69) is 20.9 Å². The molecule has 0 saturated carbocycles. The Hall–Kier alpha value is -4.02. The number of hydrogen-bond donors (Lipinski definition) is 3. The van der Waals surface area contributed by atoms with Crippen LogP contribution in [-0.4, -0.2) is 45.6 Å². The van der Waals surface area contributed by atoms with Crippen molar-refractivity contribution in [3.63, 3.8) is 0 Å². The van der Waals surface area contributed by atoms with Crippen LogP contribution in [0.2, 0.25) is 0 Å². The Morgan fingerprint density at radius 1 is 1.20 bits per heavy atom. The van der Waals surface area contributed by atoms with Crippen LogP contribution in [0.1, 0.15) is 28.4 Å². The topological polar surface area (TPSA) is 111 Å². The molecule has 0 bridgehead atoms. The lowest BCUT2D eigenvalue weighted by atomic mass is 10.1. The van der Waals surface area contributed by atoms with E-state index in [4.69, 9.17) is 9.57 Å². The van der Waals surface area contributed by atoms with E-state index in [0.717, 1.165) is 16.9 Å². The molecule has 35 heavy (non-hydrogen) atoms. The number of hydrogen-bond acceptors (Lipinski definition) is 7. The third-order valence-corrected chi connectivity index (χ3v) is 5.28. The average molecular weight is 480 g/mol. The maximum atomic E-state index is 14.7. The van der Waals surface area contributed by atoms with Crippen molar-refractivity contribution >= 4 is 28.3 Å². The first-order chi connectivity index (χ1) is 16.9. The number of benzene rings is 2. The zero-order valence-electron chi connectivity index (χ0n) is 19.6. The predicted molar refractivity (Wildman–Crippen MR) is 129 cm³/mol. The van der Waals surface area contributed by atoms with Gasteiger partial charge in [0.15, 0.2) is 5.65 Å². The third-order valence-electron chi connectivity index (χ3n) is 5.28. The van der Waals surface area contributed by atoms with E-state index in [1.54, 1.807) is 37.0 Å². The van der Waals surface area contributed by atoms with E-state index < -0.39 is 17.8 Å². The summed E-state index contributed by atoms with van der Waals surface area (Å²) in [5.74, 6) is -0.312. The van der Waals surface area contributed by atoms with Crippen molar-refractivity contribution in [2.24, 2.45) is 0 Å². The Balaban J connectivity index is 1.72. The first kappa shape index (κ1) is 24.1. The smallest absolute Gasteiger partial charge is 0.278 e. The molecule has 2 aromatic heterocycles. The van der Waals surface area contributed by atoms with Crippen LogP contribution in [0.15, 0.2) is 54.9 Å². The fraction of sp³-hybridized carbons (Fsp3) is 0.240. The number of halogens is 1. The second kappa shape index (κ2) is 10.5. The van der Waals surface area contributed by atoms with Gasteiger partial charge in [-0.1, -0.05) is 18.2 Å². The third kappa shape index (κ3) is 5.56. The molecule has 4 rings (SSSR count). The highest BCUT2D eigenvalue weighted by Crippen LogP contribution is 2.31. The van der Waals surface area contributed by atoms with Crippen molar-refractivity contribution in [3.8, 4) is 5.75 Å². The van der Waals surface area contributed by atoms with E-state index in [0.29, 0.717) is 23.3 Å². The fourth-order valence-corrected chi connectivity index (χ4v) is 3.49. The lowest BCUT2D eigenvalue weighted by molar-refractivity contribution is -0.00683. The van der Waals surface area contributed by atoms with Gasteiger partial charge >= 0.3 is 0 Å². The number of pyridine rings is 1. The molecule has 2 aromatic carbocycles. The van der Waals surface area contributed by atoms with Gasteiger partial charge in [-0.05, 0) is 49.2 Å². The van der Waals surface area contributed by atoms with Crippen LogP contribution in [0.3, 0.4) is 0 Å². The molecular weight excluding hydrogens is 453 g/mol. The van der Waals surface area contributed by atoms with Gasteiger partial charge in [0.1, 0.15) is 18.2 Å². The molecule has 3 N–H and O–H groups in total. The molecule has 0 saturated heterocycles. The fourth-order valence-electron chi connectivity index (χ4n) is 3.49. The average Bonchev–Trinajstić information content (AvgIpc) is 3.24. The van der Waals surface area contributed by atoms with E-state index in [9.17, 15) is 14.3 Å². The zero-order chi connectivity index (χ0) is 24.9. The SMILES string of the molecule is COc1ccc(Cn2ncc3c(Nc4ccc(C)cc4F)c(C(=O)NOC[C@H](C)O)cnc32)cc1. The van der Waals surface area contributed by atoms with Gasteiger partial charge in [0, 0.05) is 6.20 Å². The molecule has 0 aliphatic carbocycles. The minimum atomic E-state index is -0.758. The summed E-state index contributed by atoms with van der Waals surface area (Å²) in [4.78, 5) is 22.4. The lowest BCUT2D eigenvalue weighted by Crippen LogP contribution is -2.28. The standard InChI is InChI=1S/C25H26FN5O4/c1-15-4-9-22(21(26)10-15)29-23-19-12-28-31(13-17-5-7-18(34-3)8-6-17)24(19)27-11-20(23)25(33)30-35-14-16(2)32/h4-12,16,32H,13-14H2,1-3H3,(H,27,29)(H,30,33)/t16-/m0/s1. The second-order valence-corrected chi connectivity index (χ2v) is 8.13. The number of rotatable bonds is 9. The number of fused-ring (bicyclic) bond motifs is 1. The summed E-state index contributed by atoms with van der Waals surface area (Å²) in [5.41, 5.74) is 5.21. The quantitative estimate of drug-likeness (QED) is 0.314. The van der Waals surface area contributed by atoms with Gasteiger partial charge in [-0.2, -0.15) is 5.10 Å². The minimum Gasteiger partial charge on any atom is -0.497 e. The number of aliphatic hydroxyl groups excluding tert-OH is 1. The highest BCUT2D eigenvalue weighted by Gasteiger charge is 2.20. The van der Waals surface area contributed by atoms with Crippen LogP contribution in [0.4, 0.5) is 15.8 Å². The molecule has 2 heterocycles. The highest BCUT2D eigenvalue weighted by atomic mass is 19.1. The summed E-state index contributed by atoms with van der Waals surface area (Å²) in [6.07, 6.45) is 2.20. The Kier molecular flexibility index (Phi) is 7.23. The lowest BCUT2D eigenvalue weighted by Gasteiger charge is -2.15. The predicted octanol–water partition coefficient (Wildman–Crippen LogP) is 3.72. The number of carbonyl (C=O) groups is 1. The number of hydroxylamine groups is 1. The highest BCUT2D eigenvalue weighted by molar-refractivity contribution is 6.07. The van der Waals surface area contributed by atoms with Crippen molar-refractivity contribution in [1.29, 1.82) is 0 Å². The van der Waals surface area contributed by atoms with Crippen molar-refractivity contribution in [2.45, 2.75) is 26.5 Å². The molecule has 4 aromatic rings. The Labute approximate surface area is 201 Å². The summed E-state index contributed by atoms with van der Waals surface area (Å²) >= 11 is 0. The van der Waals surface area contributed by atoms with Gasteiger partial charge in [0.05, 0.1) is 48.3 Å². The van der Waals surface area contributed by atoms with Crippen molar-refractivity contribution < 1.29 is 23.9 Å². The van der Waals surface area contributed by atoms with Gasteiger partial charge in [0.25, 0.3) is 5.91 Å². The first-order valence-corrected chi connectivity index (χ1v) is 11.0. The monoisotopic (exact) mass is 479 g/mol. The van der Waals surface area contributed by atoms with Gasteiger partial charge in [0.2, 0.25) is 0 Å². The largest absolute Gasteiger partial charge is 0.497 e. The number of aromatic nitrogens is 3. The number of nitrogens with zero attached hydrogens (tertiary/aromatic N) is 3. The number of aliphatic hydroxyl groups is 1. The summed E-state index contributed by atoms with van der Waals surface area (Å²) in [5, 5.41) is 17.4. The van der Waals surface area contributed by atoms with Gasteiger partial charge < -0.3 is 15.2 Å². The number of anilines is 2. The minimum absolute atomic E-state index is 0.0867.